The molecule has 1 N–H and O–H groups in total. The van der Waals surface area contributed by atoms with Crippen molar-refractivity contribution in [2.75, 3.05) is 0 Å². The van der Waals surface area contributed by atoms with Crippen LogP contribution in [-0.4, -0.2) is 11.9 Å². The molecule has 0 heterocycles. The van der Waals surface area contributed by atoms with Crippen molar-refractivity contribution in [2.24, 2.45) is 0 Å². The van der Waals surface area contributed by atoms with E-state index in [0.717, 1.165) is 11.1 Å². The fraction of sp³-hybridized carbons (Fsp3) is 0.176. The van der Waals surface area contributed by atoms with Crippen molar-refractivity contribution in [3.05, 3.63) is 59.7 Å². The highest BCUT2D eigenvalue weighted by Gasteiger charge is 2.29. The van der Waals surface area contributed by atoms with Crippen molar-refractivity contribution in [1.29, 1.82) is 0 Å². The van der Waals surface area contributed by atoms with Crippen LogP contribution < -0.4 is 5.48 Å². The second kappa shape index (κ2) is 5.40. The third kappa shape index (κ3) is 2.52. The van der Waals surface area contributed by atoms with E-state index in [2.05, 4.69) is 22.5 Å². The number of amides is 1. The molecule has 0 aliphatic heterocycles. The topological polar surface area (TPSA) is 55.4 Å². The summed E-state index contributed by atoms with van der Waals surface area (Å²) in [5, 5.41) is 0. The van der Waals surface area contributed by atoms with Gasteiger partial charge in [-0.3, -0.25) is 9.59 Å². The smallest absolute Gasteiger partial charge is 0.329 e. The Hall–Kier alpha value is -2.62. The quantitative estimate of drug-likeness (QED) is 0.861. The summed E-state index contributed by atoms with van der Waals surface area (Å²) in [5.41, 5.74) is 6.78. The van der Waals surface area contributed by atoms with Gasteiger partial charge in [-0.15, -0.1) is 0 Å². The van der Waals surface area contributed by atoms with Crippen LogP contribution in [0.1, 0.15) is 30.4 Å². The SMILES string of the molecule is CC(=O)ONC(=O)CC1c2ccccc2-c2ccccc21. The number of hydroxylamine groups is 1. The van der Waals surface area contributed by atoms with Crippen molar-refractivity contribution in [3.8, 4) is 11.1 Å². The van der Waals surface area contributed by atoms with Crippen molar-refractivity contribution >= 4 is 11.9 Å². The lowest BCUT2D eigenvalue weighted by atomic mass is 9.93. The van der Waals surface area contributed by atoms with E-state index in [1.165, 1.54) is 18.1 Å². The predicted molar refractivity (Wildman–Crippen MR) is 78.2 cm³/mol. The Morgan fingerprint density at radius 3 is 2.05 bits per heavy atom. The van der Waals surface area contributed by atoms with E-state index < -0.39 is 5.97 Å². The minimum atomic E-state index is -0.532. The lowest BCUT2D eigenvalue weighted by Gasteiger charge is -2.13. The molecular weight excluding hydrogens is 266 g/mol. The highest BCUT2D eigenvalue weighted by Crippen LogP contribution is 2.45. The molecule has 0 spiro atoms. The van der Waals surface area contributed by atoms with E-state index in [9.17, 15) is 9.59 Å². The molecule has 0 saturated carbocycles. The van der Waals surface area contributed by atoms with E-state index in [1.807, 2.05) is 36.4 Å². The normalized spacial score (nSPS) is 12.4. The van der Waals surface area contributed by atoms with Gasteiger partial charge in [-0.1, -0.05) is 48.5 Å². The Bertz CT molecular complexity index is 663. The maximum Gasteiger partial charge on any atom is 0.329 e. The van der Waals surface area contributed by atoms with Crippen LogP contribution in [0.5, 0.6) is 0 Å². The molecule has 0 bridgehead atoms. The van der Waals surface area contributed by atoms with Crippen LogP contribution in [0.2, 0.25) is 0 Å². The second-order valence-electron chi connectivity index (χ2n) is 5.05. The van der Waals surface area contributed by atoms with Gasteiger partial charge in [0.2, 0.25) is 0 Å². The van der Waals surface area contributed by atoms with E-state index in [4.69, 9.17) is 0 Å². The maximum absolute atomic E-state index is 11.9. The summed E-state index contributed by atoms with van der Waals surface area (Å²) >= 11 is 0. The number of hydrogen-bond donors (Lipinski definition) is 1. The van der Waals surface area contributed by atoms with Gasteiger partial charge < -0.3 is 4.84 Å². The van der Waals surface area contributed by atoms with Crippen LogP contribution in [0.15, 0.2) is 48.5 Å². The minimum absolute atomic E-state index is 0.00652. The zero-order chi connectivity index (χ0) is 14.8. The summed E-state index contributed by atoms with van der Waals surface area (Å²) in [5.74, 6) is -0.842. The molecule has 0 atom stereocenters. The van der Waals surface area contributed by atoms with Gasteiger partial charge in [-0.05, 0) is 22.3 Å². The molecular formula is C17H15NO3. The van der Waals surface area contributed by atoms with Gasteiger partial charge in [0, 0.05) is 19.3 Å². The van der Waals surface area contributed by atoms with E-state index in [0.29, 0.717) is 0 Å². The molecule has 0 saturated heterocycles. The summed E-state index contributed by atoms with van der Waals surface area (Å²) in [6, 6.07) is 16.2. The Morgan fingerprint density at radius 1 is 1.00 bits per heavy atom. The molecule has 2 aromatic rings. The van der Waals surface area contributed by atoms with Gasteiger partial charge in [-0.25, -0.2) is 0 Å². The lowest BCUT2D eigenvalue weighted by molar-refractivity contribution is -0.156. The Kier molecular flexibility index (Phi) is 3.44. The average Bonchev–Trinajstić information content (AvgIpc) is 2.80. The third-order valence-corrected chi connectivity index (χ3v) is 3.66. The monoisotopic (exact) mass is 281 g/mol. The fourth-order valence-electron chi connectivity index (χ4n) is 2.84. The van der Waals surface area contributed by atoms with Crippen LogP contribution in [0, 0.1) is 0 Å². The average molecular weight is 281 g/mol. The number of hydrogen-bond acceptors (Lipinski definition) is 3. The Labute approximate surface area is 122 Å². The molecule has 1 amide bonds. The summed E-state index contributed by atoms with van der Waals surface area (Å²) in [7, 11) is 0. The molecule has 0 radical (unpaired) electrons. The Morgan fingerprint density at radius 2 is 1.52 bits per heavy atom. The number of nitrogens with one attached hydrogen (secondary N) is 1. The maximum atomic E-state index is 11.9. The molecule has 1 aliphatic rings. The molecule has 106 valence electrons. The number of benzene rings is 2. The van der Waals surface area contributed by atoms with E-state index in [1.54, 1.807) is 0 Å². The van der Waals surface area contributed by atoms with Crippen LogP contribution in [0.4, 0.5) is 0 Å². The van der Waals surface area contributed by atoms with Crippen molar-refractivity contribution in [3.63, 3.8) is 0 Å². The number of carbonyl (C=O) groups excluding carboxylic acids is 2. The van der Waals surface area contributed by atoms with Crippen LogP contribution in [0.3, 0.4) is 0 Å². The molecule has 21 heavy (non-hydrogen) atoms. The summed E-state index contributed by atoms with van der Waals surface area (Å²) < 4.78 is 0. The van der Waals surface area contributed by atoms with Gasteiger partial charge in [0.25, 0.3) is 5.91 Å². The van der Waals surface area contributed by atoms with Crippen LogP contribution in [0.25, 0.3) is 11.1 Å². The van der Waals surface area contributed by atoms with Gasteiger partial charge in [0.15, 0.2) is 0 Å². The van der Waals surface area contributed by atoms with Crippen molar-refractivity contribution in [2.45, 2.75) is 19.3 Å². The molecule has 3 rings (SSSR count). The van der Waals surface area contributed by atoms with Crippen LogP contribution in [-0.2, 0) is 14.4 Å². The molecule has 2 aromatic carbocycles. The molecule has 0 unspecified atom stereocenters. The van der Waals surface area contributed by atoms with Crippen LogP contribution >= 0.6 is 0 Å². The second-order valence-corrected chi connectivity index (χ2v) is 5.05. The minimum Gasteiger partial charge on any atom is -0.341 e. The standard InChI is InChI=1S/C17H15NO3/c1-11(19)21-18-17(20)10-16-14-8-4-2-6-12(14)13-7-3-5-9-15(13)16/h2-9,16H,10H2,1H3,(H,18,20). The van der Waals surface area contributed by atoms with Gasteiger partial charge in [-0.2, -0.15) is 5.48 Å². The number of fused-ring (bicyclic) bond motifs is 3. The van der Waals surface area contributed by atoms with Crippen molar-refractivity contribution < 1.29 is 14.4 Å². The fourth-order valence-corrected chi connectivity index (χ4v) is 2.84. The number of rotatable bonds is 2. The Balaban J connectivity index is 1.88. The molecule has 0 aromatic heterocycles. The summed E-state index contributed by atoms with van der Waals surface area (Å²) in [6.07, 6.45) is 0.251. The first-order valence-corrected chi connectivity index (χ1v) is 6.81. The molecule has 4 heteroatoms. The van der Waals surface area contributed by atoms with Crippen molar-refractivity contribution in [1.82, 2.24) is 5.48 Å². The van der Waals surface area contributed by atoms with E-state index in [-0.39, 0.29) is 18.2 Å². The summed E-state index contributed by atoms with van der Waals surface area (Å²) in [6.45, 7) is 1.25. The molecule has 1 aliphatic carbocycles. The van der Waals surface area contributed by atoms with E-state index >= 15 is 0 Å². The largest absolute Gasteiger partial charge is 0.341 e. The third-order valence-electron chi connectivity index (χ3n) is 3.66. The predicted octanol–water partition coefficient (Wildman–Crippen LogP) is 2.78. The van der Waals surface area contributed by atoms with Gasteiger partial charge in [0.1, 0.15) is 0 Å². The first kappa shape index (κ1) is 13.4. The van der Waals surface area contributed by atoms with Gasteiger partial charge in [0.05, 0.1) is 0 Å². The molecule has 4 nitrogen and oxygen atoms in total. The zero-order valence-electron chi connectivity index (χ0n) is 11.6. The lowest BCUT2D eigenvalue weighted by Crippen LogP contribution is -2.27. The highest BCUT2D eigenvalue weighted by molar-refractivity contribution is 5.84. The first-order chi connectivity index (χ1) is 10.2. The number of carbonyl (C=O) groups is 2. The first-order valence-electron chi connectivity index (χ1n) is 6.81. The summed E-state index contributed by atoms with van der Waals surface area (Å²) in [4.78, 5) is 27.2. The zero-order valence-corrected chi connectivity index (χ0v) is 11.6. The highest BCUT2D eigenvalue weighted by atomic mass is 16.7. The van der Waals surface area contributed by atoms with Gasteiger partial charge >= 0.3 is 5.97 Å². The molecule has 0 fully saturated rings.